The van der Waals surface area contributed by atoms with Crippen LogP contribution in [0.2, 0.25) is 0 Å². The summed E-state index contributed by atoms with van der Waals surface area (Å²) < 4.78 is 6.63. The maximum atomic E-state index is 11.2. The lowest BCUT2D eigenvalue weighted by atomic mass is 9.88. The first-order valence-electron chi connectivity index (χ1n) is 6.25. The highest BCUT2D eigenvalue weighted by Crippen LogP contribution is 2.30. The summed E-state index contributed by atoms with van der Waals surface area (Å²) in [4.78, 5) is 11.2. The van der Waals surface area contributed by atoms with Crippen molar-refractivity contribution in [3.8, 4) is 5.75 Å². The second kappa shape index (κ2) is 5.74. The molecular weight excluding hydrogens is 296 g/mol. The normalized spacial score (nSPS) is 23.7. The van der Waals surface area contributed by atoms with E-state index in [0.29, 0.717) is 11.7 Å². The molecule has 1 aliphatic rings. The topological polar surface area (TPSA) is 46.5 Å². The quantitative estimate of drug-likeness (QED) is 0.913. The second-order valence-corrected chi connectivity index (χ2v) is 5.87. The van der Waals surface area contributed by atoms with E-state index in [1.165, 1.54) is 6.42 Å². The van der Waals surface area contributed by atoms with Crippen molar-refractivity contribution in [2.24, 2.45) is 5.92 Å². The number of carboxylic acids is 1. The molecule has 0 aliphatic heterocycles. The molecule has 1 fully saturated rings. The predicted molar refractivity (Wildman–Crippen MR) is 73.1 cm³/mol. The van der Waals surface area contributed by atoms with Gasteiger partial charge in [0.2, 0.25) is 0 Å². The molecule has 0 bridgehead atoms. The van der Waals surface area contributed by atoms with Gasteiger partial charge in [0, 0.05) is 4.47 Å². The van der Waals surface area contributed by atoms with Gasteiger partial charge in [0.05, 0.1) is 6.10 Å². The average Bonchev–Trinajstić information content (AvgIpc) is 2.31. The lowest BCUT2D eigenvalue weighted by Crippen LogP contribution is -2.24. The van der Waals surface area contributed by atoms with Crippen LogP contribution in [0.15, 0.2) is 22.7 Å². The number of hydrogen-bond acceptors (Lipinski definition) is 2. The summed E-state index contributed by atoms with van der Waals surface area (Å²) in [7, 11) is 0. The zero-order chi connectivity index (χ0) is 13.1. The van der Waals surface area contributed by atoms with Crippen LogP contribution in [0.5, 0.6) is 5.75 Å². The van der Waals surface area contributed by atoms with E-state index >= 15 is 0 Å². The Morgan fingerprint density at radius 1 is 1.44 bits per heavy atom. The molecular formula is C14H17BrO3. The molecule has 98 valence electrons. The monoisotopic (exact) mass is 312 g/mol. The molecule has 0 heterocycles. The van der Waals surface area contributed by atoms with Crippen molar-refractivity contribution in [2.75, 3.05) is 0 Å². The summed E-state index contributed by atoms with van der Waals surface area (Å²) in [6.07, 6.45) is 4.57. The average molecular weight is 313 g/mol. The third-order valence-corrected chi connectivity index (χ3v) is 3.85. The van der Waals surface area contributed by atoms with Crippen molar-refractivity contribution < 1.29 is 14.6 Å². The molecule has 1 N–H and O–H groups in total. The van der Waals surface area contributed by atoms with Gasteiger partial charge in [0.1, 0.15) is 11.3 Å². The Hall–Kier alpha value is -1.03. The number of halogens is 1. The number of hydrogen-bond donors (Lipinski definition) is 1. The minimum absolute atomic E-state index is 0.146. The van der Waals surface area contributed by atoms with Crippen molar-refractivity contribution in [1.82, 2.24) is 0 Å². The van der Waals surface area contributed by atoms with E-state index in [9.17, 15) is 9.90 Å². The maximum Gasteiger partial charge on any atom is 0.339 e. The highest BCUT2D eigenvalue weighted by Gasteiger charge is 2.22. The summed E-state index contributed by atoms with van der Waals surface area (Å²) in [6.45, 7) is 2.22. The molecule has 0 amide bonds. The first-order chi connectivity index (χ1) is 8.56. The van der Waals surface area contributed by atoms with Crippen molar-refractivity contribution in [2.45, 2.75) is 38.7 Å². The zero-order valence-corrected chi connectivity index (χ0v) is 11.9. The first-order valence-corrected chi connectivity index (χ1v) is 7.05. The molecule has 1 saturated carbocycles. The number of carbonyl (C=O) groups is 1. The number of carboxylic acid groups (broad SMARTS) is 1. The summed E-state index contributed by atoms with van der Waals surface area (Å²) in [5, 5.41) is 9.17. The molecule has 0 saturated heterocycles. The van der Waals surface area contributed by atoms with Crippen LogP contribution in [-0.2, 0) is 0 Å². The van der Waals surface area contributed by atoms with Gasteiger partial charge < -0.3 is 9.84 Å². The Labute approximate surface area is 115 Å². The van der Waals surface area contributed by atoms with Crippen LogP contribution in [0, 0.1) is 5.92 Å². The van der Waals surface area contributed by atoms with Crippen molar-refractivity contribution >= 4 is 21.9 Å². The van der Waals surface area contributed by atoms with E-state index in [4.69, 9.17) is 4.74 Å². The Balaban J connectivity index is 2.15. The minimum atomic E-state index is -0.949. The molecule has 3 nitrogen and oxygen atoms in total. The van der Waals surface area contributed by atoms with Crippen LogP contribution >= 0.6 is 15.9 Å². The molecule has 2 atom stereocenters. The van der Waals surface area contributed by atoms with Gasteiger partial charge in [-0.15, -0.1) is 0 Å². The molecule has 1 aromatic carbocycles. The Morgan fingerprint density at radius 2 is 2.22 bits per heavy atom. The summed E-state index contributed by atoms with van der Waals surface area (Å²) in [5.41, 5.74) is 0.225. The molecule has 4 heteroatoms. The first kappa shape index (κ1) is 13.4. The standard InChI is InChI=1S/C14H17BrO3/c1-9-3-2-4-11(7-9)18-13-6-5-10(15)8-12(13)14(16)17/h5-6,8-9,11H,2-4,7H2,1H3,(H,16,17). The molecule has 2 unspecified atom stereocenters. The molecule has 1 aliphatic carbocycles. The van der Waals surface area contributed by atoms with Gasteiger partial charge >= 0.3 is 5.97 Å². The lowest BCUT2D eigenvalue weighted by Gasteiger charge is -2.27. The fraction of sp³-hybridized carbons (Fsp3) is 0.500. The van der Waals surface area contributed by atoms with Crippen molar-refractivity contribution in [1.29, 1.82) is 0 Å². The smallest absolute Gasteiger partial charge is 0.339 e. The SMILES string of the molecule is CC1CCCC(Oc2ccc(Br)cc2C(=O)O)C1. The Morgan fingerprint density at radius 3 is 2.89 bits per heavy atom. The molecule has 2 rings (SSSR count). The van der Waals surface area contributed by atoms with Gasteiger partial charge in [-0.05, 0) is 43.4 Å². The van der Waals surface area contributed by atoms with Crippen LogP contribution < -0.4 is 4.74 Å². The van der Waals surface area contributed by atoms with Gasteiger partial charge in [-0.25, -0.2) is 4.79 Å². The van der Waals surface area contributed by atoms with E-state index < -0.39 is 5.97 Å². The molecule has 0 aromatic heterocycles. The lowest BCUT2D eigenvalue weighted by molar-refractivity contribution is 0.0683. The van der Waals surface area contributed by atoms with Gasteiger partial charge in [0.25, 0.3) is 0 Å². The van der Waals surface area contributed by atoms with Crippen LogP contribution in [0.1, 0.15) is 43.0 Å². The van der Waals surface area contributed by atoms with E-state index in [1.807, 2.05) is 6.07 Å². The van der Waals surface area contributed by atoms with Crippen molar-refractivity contribution in [3.63, 3.8) is 0 Å². The number of ether oxygens (including phenoxy) is 1. The summed E-state index contributed by atoms with van der Waals surface area (Å²) >= 11 is 3.28. The number of benzene rings is 1. The third-order valence-electron chi connectivity index (χ3n) is 3.35. The molecule has 1 aromatic rings. The van der Waals surface area contributed by atoms with E-state index in [0.717, 1.165) is 23.7 Å². The number of rotatable bonds is 3. The molecule has 18 heavy (non-hydrogen) atoms. The molecule has 0 spiro atoms. The summed E-state index contributed by atoms with van der Waals surface area (Å²) in [5.74, 6) is 0.187. The van der Waals surface area contributed by atoms with Gasteiger partial charge in [-0.1, -0.05) is 29.3 Å². The fourth-order valence-electron chi connectivity index (χ4n) is 2.44. The third kappa shape index (κ3) is 3.25. The number of aromatic carboxylic acids is 1. The maximum absolute atomic E-state index is 11.2. The van der Waals surface area contributed by atoms with Crippen LogP contribution in [-0.4, -0.2) is 17.2 Å². The highest BCUT2D eigenvalue weighted by molar-refractivity contribution is 9.10. The fourth-order valence-corrected chi connectivity index (χ4v) is 2.80. The Kier molecular flexibility index (Phi) is 4.27. The van der Waals surface area contributed by atoms with E-state index in [-0.39, 0.29) is 11.7 Å². The van der Waals surface area contributed by atoms with Crippen LogP contribution in [0.25, 0.3) is 0 Å². The van der Waals surface area contributed by atoms with E-state index in [1.54, 1.807) is 12.1 Å². The summed E-state index contributed by atoms with van der Waals surface area (Å²) in [6, 6.07) is 5.13. The van der Waals surface area contributed by atoms with Crippen LogP contribution in [0.3, 0.4) is 0 Å². The van der Waals surface area contributed by atoms with Crippen LogP contribution in [0.4, 0.5) is 0 Å². The van der Waals surface area contributed by atoms with Gasteiger partial charge in [-0.2, -0.15) is 0 Å². The zero-order valence-electron chi connectivity index (χ0n) is 10.4. The highest BCUT2D eigenvalue weighted by atomic mass is 79.9. The molecule has 0 radical (unpaired) electrons. The van der Waals surface area contributed by atoms with Gasteiger partial charge in [0.15, 0.2) is 0 Å². The van der Waals surface area contributed by atoms with Gasteiger partial charge in [-0.3, -0.25) is 0 Å². The Bertz CT molecular complexity index is 445. The van der Waals surface area contributed by atoms with E-state index in [2.05, 4.69) is 22.9 Å². The largest absolute Gasteiger partial charge is 0.490 e. The second-order valence-electron chi connectivity index (χ2n) is 4.96. The van der Waals surface area contributed by atoms with Crippen molar-refractivity contribution in [3.05, 3.63) is 28.2 Å². The minimum Gasteiger partial charge on any atom is -0.490 e. The predicted octanol–water partition coefficient (Wildman–Crippen LogP) is 4.10.